The van der Waals surface area contributed by atoms with E-state index < -0.39 is 5.41 Å². The molecular weight excluding hydrogens is 414 g/mol. The topological polar surface area (TPSA) is 50.1 Å². The van der Waals surface area contributed by atoms with Crippen LogP contribution in [0.15, 0.2) is 83.2 Å². The van der Waals surface area contributed by atoms with Gasteiger partial charge in [-0.1, -0.05) is 73.7 Å². The van der Waals surface area contributed by atoms with E-state index >= 15 is 0 Å². The summed E-state index contributed by atoms with van der Waals surface area (Å²) in [5, 5.41) is 12.4. The van der Waals surface area contributed by atoms with Gasteiger partial charge in [-0.3, -0.25) is 0 Å². The number of rotatable bonds is 9. The summed E-state index contributed by atoms with van der Waals surface area (Å²) in [7, 11) is 1.39. The van der Waals surface area contributed by atoms with E-state index in [2.05, 4.69) is 44.7 Å². The summed E-state index contributed by atoms with van der Waals surface area (Å²) in [6.07, 6.45) is 13.1. The number of hydrogen-bond donors (Lipinski definition) is 0. The molecule has 1 saturated carbocycles. The summed E-state index contributed by atoms with van der Waals surface area (Å²) in [6.45, 7) is 10.6. The van der Waals surface area contributed by atoms with Crippen molar-refractivity contribution >= 4 is 17.7 Å². The second-order valence-electron chi connectivity index (χ2n) is 8.89. The van der Waals surface area contributed by atoms with Crippen LogP contribution in [0.4, 0.5) is 0 Å². The minimum atomic E-state index is -0.567. The molecule has 0 aromatic heterocycles. The van der Waals surface area contributed by atoms with E-state index in [1.807, 2.05) is 48.8 Å². The molecule has 1 aliphatic carbocycles. The highest BCUT2D eigenvalue weighted by atomic mass is 32.2. The van der Waals surface area contributed by atoms with Crippen LogP contribution in [-0.2, 0) is 9.53 Å². The standard InChI is InChI=1S/C28H35NO2S/c1-6-27(4)23(3)16-18-28(21-29,25(27)15-14-22(2)20-26(30)31-5)17-10-11-19-32-24-12-8-7-9-13-24/h6-13,17,19-20,23,25H,1,14-16,18H2,2-5H3/b17-10+,19-11+,22-20-/t23-,25-,27+,28-/m1/s1. The monoisotopic (exact) mass is 449 g/mol. The fraction of sp³-hybridized carbons (Fsp3) is 0.429. The lowest BCUT2D eigenvalue weighted by Crippen LogP contribution is -2.47. The first-order chi connectivity index (χ1) is 15.3. The van der Waals surface area contributed by atoms with Gasteiger partial charge in [0.2, 0.25) is 0 Å². The van der Waals surface area contributed by atoms with Crippen LogP contribution in [0, 0.1) is 34.0 Å². The van der Waals surface area contributed by atoms with Crippen molar-refractivity contribution in [3.8, 4) is 6.07 Å². The molecule has 1 aliphatic rings. The van der Waals surface area contributed by atoms with Gasteiger partial charge < -0.3 is 4.74 Å². The first-order valence-corrected chi connectivity index (χ1v) is 12.1. The van der Waals surface area contributed by atoms with Crippen molar-refractivity contribution in [1.29, 1.82) is 5.26 Å². The Hall–Kier alpha value is -2.51. The molecule has 1 aromatic rings. The third kappa shape index (κ3) is 6.26. The number of esters is 1. The molecule has 4 heteroatoms. The Morgan fingerprint density at radius 2 is 2.06 bits per heavy atom. The van der Waals surface area contributed by atoms with E-state index in [1.54, 1.807) is 17.8 Å². The summed E-state index contributed by atoms with van der Waals surface area (Å²) in [5.74, 6) is 0.209. The van der Waals surface area contributed by atoms with Crippen LogP contribution in [0.3, 0.4) is 0 Å². The number of nitriles is 1. The number of carbonyl (C=O) groups excluding carboxylic acids is 1. The van der Waals surface area contributed by atoms with E-state index in [0.29, 0.717) is 5.92 Å². The molecule has 3 nitrogen and oxygen atoms in total. The van der Waals surface area contributed by atoms with Crippen LogP contribution in [0.25, 0.3) is 0 Å². The number of benzene rings is 1. The quantitative estimate of drug-likeness (QED) is 0.129. The van der Waals surface area contributed by atoms with Crippen LogP contribution in [0.5, 0.6) is 0 Å². The second kappa shape index (κ2) is 11.9. The second-order valence-corrected chi connectivity index (χ2v) is 9.86. The maximum Gasteiger partial charge on any atom is 0.330 e. The maximum atomic E-state index is 11.6. The molecule has 0 heterocycles. The van der Waals surface area contributed by atoms with Gasteiger partial charge in [-0.2, -0.15) is 5.26 Å². The minimum absolute atomic E-state index is 0.105. The first kappa shape index (κ1) is 25.7. The van der Waals surface area contributed by atoms with Crippen LogP contribution < -0.4 is 0 Å². The molecule has 0 radical (unpaired) electrons. The number of carbonyl (C=O) groups is 1. The zero-order chi connectivity index (χ0) is 23.6. The predicted octanol–water partition coefficient (Wildman–Crippen LogP) is 7.50. The fourth-order valence-electron chi connectivity index (χ4n) is 4.72. The van der Waals surface area contributed by atoms with Crippen molar-refractivity contribution in [2.45, 2.75) is 51.3 Å². The third-order valence-electron chi connectivity index (χ3n) is 7.00. The summed E-state index contributed by atoms with van der Waals surface area (Å²) in [6, 6.07) is 12.9. The van der Waals surface area contributed by atoms with Gasteiger partial charge in [-0.05, 0) is 67.4 Å². The molecule has 2 rings (SSSR count). The smallest absolute Gasteiger partial charge is 0.330 e. The maximum absolute atomic E-state index is 11.6. The normalized spacial score (nSPS) is 28.5. The van der Waals surface area contributed by atoms with Crippen LogP contribution >= 0.6 is 11.8 Å². The SMILES string of the molecule is C=C[C@@]1(C)[C@H](C)CC[C@@](C#N)(/C=C/C=C/Sc2ccccc2)[C@@H]1CC/C(C)=C\C(=O)OC. The van der Waals surface area contributed by atoms with Crippen LogP contribution in [0.2, 0.25) is 0 Å². The van der Waals surface area contributed by atoms with E-state index in [1.165, 1.54) is 12.0 Å². The van der Waals surface area contributed by atoms with Gasteiger partial charge in [0.1, 0.15) is 0 Å². The van der Waals surface area contributed by atoms with Crippen LogP contribution in [-0.4, -0.2) is 13.1 Å². The highest BCUT2D eigenvalue weighted by molar-refractivity contribution is 8.02. The summed E-state index contributed by atoms with van der Waals surface area (Å²) in [5.41, 5.74) is 0.242. The van der Waals surface area contributed by atoms with Crippen molar-refractivity contribution in [2.75, 3.05) is 7.11 Å². The number of allylic oxidation sites excluding steroid dienone is 5. The van der Waals surface area contributed by atoms with Gasteiger partial charge in [-0.25, -0.2) is 4.79 Å². The fourth-order valence-corrected chi connectivity index (χ4v) is 5.36. The van der Waals surface area contributed by atoms with Crippen molar-refractivity contribution in [3.05, 3.63) is 78.3 Å². The molecule has 0 saturated heterocycles. The molecule has 0 N–H and O–H groups in total. The summed E-state index contributed by atoms with van der Waals surface area (Å²) < 4.78 is 4.76. The lowest BCUT2D eigenvalue weighted by atomic mass is 9.50. The van der Waals surface area contributed by atoms with Gasteiger partial charge in [0.15, 0.2) is 0 Å². The molecule has 170 valence electrons. The molecule has 0 spiro atoms. The predicted molar refractivity (Wildman–Crippen MR) is 134 cm³/mol. The summed E-state index contributed by atoms with van der Waals surface area (Å²) in [4.78, 5) is 12.8. The van der Waals surface area contributed by atoms with E-state index in [0.717, 1.165) is 31.3 Å². The van der Waals surface area contributed by atoms with Crippen molar-refractivity contribution in [1.82, 2.24) is 0 Å². The Bertz CT molecular complexity index is 911. The lowest BCUT2D eigenvalue weighted by Gasteiger charge is -2.52. The van der Waals surface area contributed by atoms with Gasteiger partial charge in [0, 0.05) is 11.0 Å². The Kier molecular flexibility index (Phi) is 9.60. The molecule has 1 aromatic carbocycles. The van der Waals surface area contributed by atoms with Gasteiger partial charge in [0.05, 0.1) is 18.6 Å². The molecule has 0 amide bonds. The number of nitrogens with zero attached hydrogens (tertiary/aromatic N) is 1. The number of hydrogen-bond acceptors (Lipinski definition) is 4. The van der Waals surface area contributed by atoms with Crippen molar-refractivity contribution < 1.29 is 9.53 Å². The molecule has 0 bridgehead atoms. The zero-order valence-corrected chi connectivity index (χ0v) is 20.5. The third-order valence-corrected chi connectivity index (χ3v) is 7.83. The largest absolute Gasteiger partial charge is 0.466 e. The average molecular weight is 450 g/mol. The summed E-state index contributed by atoms with van der Waals surface area (Å²) >= 11 is 1.66. The Morgan fingerprint density at radius 3 is 2.69 bits per heavy atom. The number of ether oxygens (including phenoxy) is 1. The molecule has 32 heavy (non-hydrogen) atoms. The minimum Gasteiger partial charge on any atom is -0.466 e. The van der Waals surface area contributed by atoms with Gasteiger partial charge >= 0.3 is 5.97 Å². The Labute approximate surface area is 197 Å². The number of methoxy groups -OCH3 is 1. The van der Waals surface area contributed by atoms with E-state index in [-0.39, 0.29) is 17.3 Å². The number of thioether (sulfide) groups is 1. The molecule has 0 unspecified atom stereocenters. The average Bonchev–Trinajstić information content (AvgIpc) is 2.81. The van der Waals surface area contributed by atoms with Crippen molar-refractivity contribution in [2.24, 2.45) is 22.7 Å². The zero-order valence-electron chi connectivity index (χ0n) is 19.7. The molecular formula is C28H35NO2S. The molecule has 0 aliphatic heterocycles. The first-order valence-electron chi connectivity index (χ1n) is 11.2. The highest BCUT2D eigenvalue weighted by Crippen LogP contribution is 2.57. The Balaban J connectivity index is 2.25. The van der Waals surface area contributed by atoms with E-state index in [9.17, 15) is 10.1 Å². The van der Waals surface area contributed by atoms with Gasteiger partial charge in [-0.15, -0.1) is 6.58 Å². The molecule has 4 atom stereocenters. The lowest BCUT2D eigenvalue weighted by molar-refractivity contribution is -0.134. The van der Waals surface area contributed by atoms with Crippen molar-refractivity contribution in [3.63, 3.8) is 0 Å². The Morgan fingerprint density at radius 1 is 1.34 bits per heavy atom. The van der Waals surface area contributed by atoms with Crippen LogP contribution in [0.1, 0.15) is 46.5 Å². The highest BCUT2D eigenvalue weighted by Gasteiger charge is 2.51. The molecule has 1 fully saturated rings. The van der Waals surface area contributed by atoms with Gasteiger partial charge in [0.25, 0.3) is 0 Å². The van der Waals surface area contributed by atoms with E-state index in [4.69, 9.17) is 4.74 Å².